The van der Waals surface area contributed by atoms with E-state index in [0.29, 0.717) is 11.1 Å². The summed E-state index contributed by atoms with van der Waals surface area (Å²) in [5.41, 5.74) is -0.159. The SMILES string of the molecule is COC(=O)c1c(Cl)cccc1-c1ccc([C@@H](C)NC(=O)C2(NC(=O)c3ccno3)COC2)c(F)c1. The van der Waals surface area contributed by atoms with E-state index in [4.69, 9.17) is 25.6 Å². The second kappa shape index (κ2) is 9.85. The molecule has 0 bridgehead atoms. The molecule has 1 saturated heterocycles. The van der Waals surface area contributed by atoms with Crippen LogP contribution in [0.1, 0.15) is 39.4 Å². The van der Waals surface area contributed by atoms with Gasteiger partial charge in [0.1, 0.15) is 5.82 Å². The summed E-state index contributed by atoms with van der Waals surface area (Å²) in [5, 5.41) is 8.98. The minimum absolute atomic E-state index is 0.0437. The molecule has 0 saturated carbocycles. The van der Waals surface area contributed by atoms with E-state index in [0.717, 1.165) is 0 Å². The van der Waals surface area contributed by atoms with Crippen LogP contribution in [0.5, 0.6) is 0 Å². The number of rotatable bonds is 7. The predicted molar refractivity (Wildman–Crippen MR) is 122 cm³/mol. The lowest BCUT2D eigenvalue weighted by molar-refractivity contribution is -0.147. The summed E-state index contributed by atoms with van der Waals surface area (Å²) in [5.74, 6) is -2.44. The number of amides is 2. The van der Waals surface area contributed by atoms with Crippen molar-refractivity contribution >= 4 is 29.4 Å². The number of nitrogens with one attached hydrogen (secondary N) is 2. The van der Waals surface area contributed by atoms with Gasteiger partial charge in [-0.1, -0.05) is 41.0 Å². The number of esters is 1. The normalized spacial score (nSPS) is 15.0. The number of halogens is 2. The second-order valence-electron chi connectivity index (χ2n) is 7.99. The number of carbonyl (C=O) groups is 3. The topological polar surface area (TPSA) is 120 Å². The number of hydrogen-bond donors (Lipinski definition) is 2. The fraction of sp³-hybridized carbons (Fsp3) is 0.250. The van der Waals surface area contributed by atoms with Gasteiger partial charge in [-0.3, -0.25) is 9.59 Å². The third-order valence-corrected chi connectivity index (χ3v) is 5.99. The first kappa shape index (κ1) is 24.4. The zero-order chi connectivity index (χ0) is 25.2. The predicted octanol–water partition coefficient (Wildman–Crippen LogP) is 3.30. The van der Waals surface area contributed by atoms with Crippen molar-refractivity contribution in [2.75, 3.05) is 20.3 Å². The van der Waals surface area contributed by atoms with Crippen LogP contribution in [0.2, 0.25) is 5.02 Å². The third kappa shape index (κ3) is 4.75. The zero-order valence-corrected chi connectivity index (χ0v) is 19.5. The van der Waals surface area contributed by atoms with Gasteiger partial charge in [-0.2, -0.15) is 0 Å². The molecule has 2 aromatic carbocycles. The quantitative estimate of drug-likeness (QED) is 0.477. The largest absolute Gasteiger partial charge is 0.465 e. The molecule has 2 amide bonds. The minimum atomic E-state index is -1.31. The van der Waals surface area contributed by atoms with Crippen LogP contribution in [0.4, 0.5) is 4.39 Å². The van der Waals surface area contributed by atoms with E-state index in [-0.39, 0.29) is 35.1 Å². The Balaban J connectivity index is 1.53. The summed E-state index contributed by atoms with van der Waals surface area (Å²) in [4.78, 5) is 37.5. The van der Waals surface area contributed by atoms with Gasteiger partial charge in [-0.25, -0.2) is 9.18 Å². The number of benzene rings is 2. The van der Waals surface area contributed by atoms with E-state index >= 15 is 4.39 Å². The third-order valence-electron chi connectivity index (χ3n) is 5.67. The fourth-order valence-corrected chi connectivity index (χ4v) is 3.96. The Kier molecular flexibility index (Phi) is 6.86. The molecule has 2 heterocycles. The number of hydrogen-bond acceptors (Lipinski definition) is 7. The van der Waals surface area contributed by atoms with Gasteiger partial charge in [0.2, 0.25) is 5.76 Å². The van der Waals surface area contributed by atoms with Crippen LogP contribution in [-0.4, -0.2) is 48.8 Å². The lowest BCUT2D eigenvalue weighted by Gasteiger charge is -2.40. The standard InChI is InChI=1S/C24H21ClFN3O6/c1-13(28-23(32)24(11-34-12-24)29-21(30)19-8-9-27-35-19)15-7-6-14(10-18(15)26)16-4-3-5-17(25)20(16)22(31)33-2/h3-10,13H,11-12H2,1-2H3,(H,28,32)(H,29,30)/t13-/m1/s1. The van der Waals surface area contributed by atoms with Gasteiger partial charge in [0.15, 0.2) is 5.54 Å². The maximum atomic E-state index is 15.1. The van der Waals surface area contributed by atoms with Crippen LogP contribution in [0, 0.1) is 5.82 Å². The molecule has 4 rings (SSSR count). The van der Waals surface area contributed by atoms with Gasteiger partial charge in [0.25, 0.3) is 11.8 Å². The first-order chi connectivity index (χ1) is 16.8. The highest BCUT2D eigenvalue weighted by atomic mass is 35.5. The Hall–Kier alpha value is -3.76. The van der Waals surface area contributed by atoms with Crippen molar-refractivity contribution in [3.05, 3.63) is 76.4 Å². The molecule has 1 aromatic heterocycles. The molecule has 182 valence electrons. The molecule has 1 fully saturated rings. The average molecular weight is 502 g/mol. The van der Waals surface area contributed by atoms with E-state index in [1.54, 1.807) is 31.2 Å². The summed E-state index contributed by atoms with van der Waals surface area (Å²) in [7, 11) is 1.23. The molecule has 3 aromatic rings. The van der Waals surface area contributed by atoms with Crippen molar-refractivity contribution in [2.45, 2.75) is 18.5 Å². The fourth-order valence-electron chi connectivity index (χ4n) is 3.71. The average Bonchev–Trinajstić information content (AvgIpc) is 3.35. The Morgan fingerprint density at radius 2 is 1.97 bits per heavy atom. The summed E-state index contributed by atoms with van der Waals surface area (Å²) in [6.07, 6.45) is 1.31. The van der Waals surface area contributed by atoms with Crippen molar-refractivity contribution in [1.82, 2.24) is 15.8 Å². The van der Waals surface area contributed by atoms with Crippen LogP contribution in [-0.2, 0) is 14.3 Å². The van der Waals surface area contributed by atoms with Gasteiger partial charge >= 0.3 is 5.97 Å². The number of methoxy groups -OCH3 is 1. The summed E-state index contributed by atoms with van der Waals surface area (Å²) in [6.45, 7) is 1.52. The molecular formula is C24H21ClFN3O6. The molecule has 0 radical (unpaired) electrons. The minimum Gasteiger partial charge on any atom is -0.465 e. The Morgan fingerprint density at radius 1 is 1.20 bits per heavy atom. The maximum Gasteiger partial charge on any atom is 0.340 e. The van der Waals surface area contributed by atoms with E-state index in [1.807, 2.05) is 0 Å². The Labute approximate surface area is 204 Å². The van der Waals surface area contributed by atoms with E-state index < -0.39 is 35.2 Å². The first-order valence-electron chi connectivity index (χ1n) is 10.5. The van der Waals surface area contributed by atoms with Gasteiger partial charge in [0.05, 0.1) is 43.1 Å². The number of aromatic nitrogens is 1. The lowest BCUT2D eigenvalue weighted by Crippen LogP contribution is -2.70. The lowest BCUT2D eigenvalue weighted by atomic mass is 9.94. The van der Waals surface area contributed by atoms with Gasteiger partial charge in [-0.15, -0.1) is 0 Å². The monoisotopic (exact) mass is 501 g/mol. The first-order valence-corrected chi connectivity index (χ1v) is 10.9. The van der Waals surface area contributed by atoms with Gasteiger partial charge < -0.3 is 24.6 Å². The van der Waals surface area contributed by atoms with Gasteiger partial charge in [0, 0.05) is 11.6 Å². The van der Waals surface area contributed by atoms with Crippen LogP contribution in [0.15, 0.2) is 53.2 Å². The summed E-state index contributed by atoms with van der Waals surface area (Å²) in [6, 6.07) is 9.83. The van der Waals surface area contributed by atoms with E-state index in [9.17, 15) is 14.4 Å². The second-order valence-corrected chi connectivity index (χ2v) is 8.40. The molecule has 0 aliphatic carbocycles. The van der Waals surface area contributed by atoms with Crippen molar-refractivity contribution in [3.63, 3.8) is 0 Å². The van der Waals surface area contributed by atoms with Crippen molar-refractivity contribution < 1.29 is 32.8 Å². The molecule has 1 aliphatic rings. The molecule has 1 aliphatic heterocycles. The summed E-state index contributed by atoms with van der Waals surface area (Å²) >= 11 is 6.17. The maximum absolute atomic E-state index is 15.1. The Bertz CT molecular complexity index is 1280. The molecule has 9 nitrogen and oxygen atoms in total. The molecule has 35 heavy (non-hydrogen) atoms. The molecule has 11 heteroatoms. The van der Waals surface area contributed by atoms with Crippen molar-refractivity contribution in [3.8, 4) is 11.1 Å². The summed E-state index contributed by atoms with van der Waals surface area (Å²) < 4.78 is 29.9. The zero-order valence-electron chi connectivity index (χ0n) is 18.8. The van der Waals surface area contributed by atoms with E-state index in [1.165, 1.54) is 31.5 Å². The highest BCUT2D eigenvalue weighted by Crippen LogP contribution is 2.32. The van der Waals surface area contributed by atoms with Crippen molar-refractivity contribution in [2.24, 2.45) is 0 Å². The number of ether oxygens (including phenoxy) is 2. The number of carbonyl (C=O) groups excluding carboxylic acids is 3. The van der Waals surface area contributed by atoms with Crippen LogP contribution in [0.25, 0.3) is 11.1 Å². The number of nitrogens with zero attached hydrogens (tertiary/aromatic N) is 1. The molecule has 0 unspecified atom stereocenters. The van der Waals surface area contributed by atoms with Crippen molar-refractivity contribution in [1.29, 1.82) is 0 Å². The Morgan fingerprint density at radius 3 is 2.57 bits per heavy atom. The van der Waals surface area contributed by atoms with E-state index in [2.05, 4.69) is 15.8 Å². The highest BCUT2D eigenvalue weighted by Gasteiger charge is 2.48. The molecule has 0 spiro atoms. The van der Waals surface area contributed by atoms with Gasteiger partial charge in [-0.05, 0) is 30.2 Å². The molecular weight excluding hydrogens is 481 g/mol. The smallest absolute Gasteiger partial charge is 0.340 e. The van der Waals surface area contributed by atoms with Crippen LogP contribution in [0.3, 0.4) is 0 Å². The van der Waals surface area contributed by atoms with Crippen LogP contribution >= 0.6 is 11.6 Å². The van der Waals surface area contributed by atoms with Crippen LogP contribution < -0.4 is 10.6 Å². The highest BCUT2D eigenvalue weighted by molar-refractivity contribution is 6.34. The molecule has 1 atom stereocenters. The molecule has 2 N–H and O–H groups in total.